The number of hydrogen-bond acceptors (Lipinski definition) is 8. The molecule has 8 nitrogen and oxygen atoms in total. The Kier molecular flexibility index (Phi) is 18.1. The van der Waals surface area contributed by atoms with E-state index in [9.17, 15) is 19.4 Å². The molecule has 0 unspecified atom stereocenters. The maximum absolute atomic E-state index is 14.7. The minimum absolute atomic E-state index is 0.000931. The molecular formula is C45H55FN2O6. The highest BCUT2D eigenvalue weighted by molar-refractivity contribution is 5.93. The molecule has 54 heavy (non-hydrogen) atoms. The van der Waals surface area contributed by atoms with E-state index in [2.05, 4.69) is 23.8 Å². The maximum atomic E-state index is 14.7. The zero-order chi connectivity index (χ0) is 38.4. The van der Waals surface area contributed by atoms with E-state index in [1.807, 2.05) is 0 Å². The minimum Gasteiger partial charge on any atom is -0.507 e. The van der Waals surface area contributed by atoms with Crippen LogP contribution in [0, 0.1) is 5.82 Å². The predicted octanol–water partition coefficient (Wildman–Crippen LogP) is 12.2. The van der Waals surface area contributed by atoms with Crippen LogP contribution in [0.2, 0.25) is 0 Å². The van der Waals surface area contributed by atoms with Crippen molar-refractivity contribution in [1.29, 1.82) is 0 Å². The average molecular weight is 739 g/mol. The number of halogens is 1. The van der Waals surface area contributed by atoms with Crippen LogP contribution in [0.5, 0.6) is 28.7 Å². The van der Waals surface area contributed by atoms with Crippen molar-refractivity contribution in [1.82, 2.24) is 0 Å². The molecule has 0 aliphatic rings. The quantitative estimate of drug-likeness (QED) is 0.0320. The van der Waals surface area contributed by atoms with Gasteiger partial charge < -0.3 is 24.4 Å². The number of nitrogens with zero attached hydrogens (tertiary/aromatic N) is 2. The SMILES string of the molecule is CCCCCCCCCOc1ccc(C=Nc2ccc(OC(=O)c3cc(N=Cc4ccc(OCCCCCCCCC)cc4O)ccc3F)cc2)c(O)c1. The van der Waals surface area contributed by atoms with Crippen LogP contribution in [0.4, 0.5) is 15.8 Å². The van der Waals surface area contributed by atoms with Crippen LogP contribution in [-0.2, 0) is 0 Å². The third-order valence-corrected chi connectivity index (χ3v) is 8.96. The molecule has 4 rings (SSSR count). The lowest BCUT2D eigenvalue weighted by atomic mass is 10.1. The van der Waals surface area contributed by atoms with Gasteiger partial charge in [-0.3, -0.25) is 9.98 Å². The molecule has 0 radical (unpaired) electrons. The van der Waals surface area contributed by atoms with Crippen LogP contribution >= 0.6 is 0 Å². The van der Waals surface area contributed by atoms with E-state index in [4.69, 9.17) is 14.2 Å². The average Bonchev–Trinajstić information content (AvgIpc) is 3.17. The lowest BCUT2D eigenvalue weighted by Gasteiger charge is -2.08. The summed E-state index contributed by atoms with van der Waals surface area (Å²) in [6.07, 6.45) is 19.8. The second-order valence-corrected chi connectivity index (χ2v) is 13.4. The van der Waals surface area contributed by atoms with Gasteiger partial charge >= 0.3 is 5.97 Å². The number of phenols is 2. The second kappa shape index (κ2) is 23.5. The predicted molar refractivity (Wildman–Crippen MR) is 215 cm³/mol. The van der Waals surface area contributed by atoms with Crippen LogP contribution in [-0.4, -0.2) is 41.8 Å². The fourth-order valence-electron chi connectivity index (χ4n) is 5.74. The molecule has 0 atom stereocenters. The van der Waals surface area contributed by atoms with E-state index >= 15 is 0 Å². The molecule has 0 spiro atoms. The summed E-state index contributed by atoms with van der Waals surface area (Å²) in [6.45, 7) is 5.62. The highest BCUT2D eigenvalue weighted by atomic mass is 19.1. The Bertz CT molecular complexity index is 1790. The molecule has 288 valence electrons. The first-order valence-corrected chi connectivity index (χ1v) is 19.5. The molecule has 0 heterocycles. The van der Waals surface area contributed by atoms with Crippen molar-refractivity contribution >= 4 is 29.8 Å². The number of carbonyl (C=O) groups is 1. The number of rotatable bonds is 24. The summed E-state index contributed by atoms with van der Waals surface area (Å²) in [6, 6.07) is 20.4. The normalized spacial score (nSPS) is 11.4. The molecule has 2 N–H and O–H groups in total. The van der Waals surface area contributed by atoms with Gasteiger partial charge in [-0.1, -0.05) is 90.9 Å². The van der Waals surface area contributed by atoms with Crippen molar-refractivity contribution in [3.63, 3.8) is 0 Å². The number of aromatic hydroxyl groups is 2. The summed E-state index contributed by atoms with van der Waals surface area (Å²) < 4.78 is 31.7. The fraction of sp³-hybridized carbons (Fsp3) is 0.400. The number of benzene rings is 4. The zero-order valence-electron chi connectivity index (χ0n) is 31.8. The standard InChI is InChI=1S/C45H55FN2O6/c1-3-5-7-9-11-13-15-27-52-39-22-17-34(43(49)30-39)32-47-36-19-24-38(25-20-36)54-45(51)41-29-37(21-26-42(41)46)48-33-35-18-23-40(31-44(35)50)53-28-16-14-12-10-8-6-4-2/h17-26,29-33,49-50H,3-16,27-28H2,1-2H3. The number of esters is 1. The van der Waals surface area contributed by atoms with Crippen LogP contribution in [0.25, 0.3) is 0 Å². The van der Waals surface area contributed by atoms with E-state index in [-0.39, 0.29) is 22.8 Å². The number of hydrogen-bond donors (Lipinski definition) is 2. The van der Waals surface area contributed by atoms with Gasteiger partial charge in [0.15, 0.2) is 0 Å². The number of unbranched alkanes of at least 4 members (excludes halogenated alkanes) is 12. The van der Waals surface area contributed by atoms with Crippen LogP contribution in [0.3, 0.4) is 0 Å². The van der Waals surface area contributed by atoms with Crippen molar-refractivity contribution < 1.29 is 33.6 Å². The molecule has 0 saturated heterocycles. The van der Waals surface area contributed by atoms with Crippen LogP contribution in [0.15, 0.2) is 88.8 Å². The first-order valence-electron chi connectivity index (χ1n) is 19.5. The third-order valence-electron chi connectivity index (χ3n) is 8.96. The van der Waals surface area contributed by atoms with Crippen LogP contribution in [0.1, 0.15) is 125 Å². The molecule has 0 fully saturated rings. The van der Waals surface area contributed by atoms with E-state index in [0.717, 1.165) is 31.7 Å². The molecule has 4 aromatic carbocycles. The van der Waals surface area contributed by atoms with Crippen molar-refractivity contribution in [2.24, 2.45) is 9.98 Å². The van der Waals surface area contributed by atoms with Gasteiger partial charge in [0.1, 0.15) is 34.6 Å². The summed E-state index contributed by atoms with van der Waals surface area (Å²) in [5.74, 6) is -0.185. The van der Waals surface area contributed by atoms with Gasteiger partial charge in [0.2, 0.25) is 0 Å². The minimum atomic E-state index is -0.884. The van der Waals surface area contributed by atoms with E-state index in [1.165, 1.54) is 88.8 Å². The monoisotopic (exact) mass is 738 g/mol. The number of phenolic OH excluding ortho intramolecular Hbond substituents is 2. The van der Waals surface area contributed by atoms with Gasteiger partial charge in [0.05, 0.1) is 30.2 Å². The summed E-state index contributed by atoms with van der Waals surface area (Å²) in [4.78, 5) is 21.7. The smallest absolute Gasteiger partial charge is 0.346 e. The van der Waals surface area contributed by atoms with Gasteiger partial charge in [0.25, 0.3) is 0 Å². The first kappa shape index (κ1) is 41.6. The zero-order valence-corrected chi connectivity index (χ0v) is 31.8. The Labute approximate surface area is 319 Å². The number of aliphatic imine (C=N–C) groups is 2. The summed E-state index contributed by atoms with van der Waals surface area (Å²) in [5.41, 5.74) is 1.57. The maximum Gasteiger partial charge on any atom is 0.346 e. The molecule has 0 aromatic heterocycles. The fourth-order valence-corrected chi connectivity index (χ4v) is 5.74. The lowest BCUT2D eigenvalue weighted by Crippen LogP contribution is -2.10. The topological polar surface area (TPSA) is 110 Å². The van der Waals surface area contributed by atoms with E-state index < -0.39 is 11.8 Å². The summed E-state index contributed by atoms with van der Waals surface area (Å²) >= 11 is 0. The largest absolute Gasteiger partial charge is 0.507 e. The van der Waals surface area contributed by atoms with Gasteiger partial charge in [0, 0.05) is 35.7 Å². The molecule has 0 amide bonds. The number of carbonyl (C=O) groups excluding carboxylic acids is 1. The van der Waals surface area contributed by atoms with Crippen molar-refractivity contribution in [2.45, 2.75) is 104 Å². The molecule has 4 aromatic rings. The third kappa shape index (κ3) is 14.7. The van der Waals surface area contributed by atoms with Gasteiger partial charge in [-0.2, -0.15) is 0 Å². The van der Waals surface area contributed by atoms with Gasteiger partial charge in [-0.25, -0.2) is 9.18 Å². The highest BCUT2D eigenvalue weighted by Crippen LogP contribution is 2.27. The Morgan fingerprint density at radius 1 is 0.574 bits per heavy atom. The molecular weight excluding hydrogens is 684 g/mol. The molecule has 9 heteroatoms. The van der Waals surface area contributed by atoms with Crippen LogP contribution < -0.4 is 14.2 Å². The Morgan fingerprint density at radius 3 is 1.52 bits per heavy atom. The number of ether oxygens (including phenoxy) is 3. The van der Waals surface area contributed by atoms with Crippen molar-refractivity contribution in [3.8, 4) is 28.7 Å². The Balaban J connectivity index is 1.24. The van der Waals surface area contributed by atoms with Gasteiger partial charge in [-0.05, 0) is 79.6 Å². The van der Waals surface area contributed by atoms with Crippen molar-refractivity contribution in [3.05, 3.63) is 101 Å². The Morgan fingerprint density at radius 2 is 1.02 bits per heavy atom. The van der Waals surface area contributed by atoms with Crippen molar-refractivity contribution in [2.75, 3.05) is 13.2 Å². The molecule has 0 aliphatic heterocycles. The molecule has 0 saturated carbocycles. The van der Waals surface area contributed by atoms with E-state index in [0.29, 0.717) is 47.2 Å². The summed E-state index contributed by atoms with van der Waals surface area (Å²) in [5, 5.41) is 21.0. The molecule has 0 aliphatic carbocycles. The first-order chi connectivity index (χ1) is 26.4. The highest BCUT2D eigenvalue weighted by Gasteiger charge is 2.15. The Hall–Kier alpha value is -5.18. The lowest BCUT2D eigenvalue weighted by molar-refractivity contribution is 0.0730. The summed E-state index contributed by atoms with van der Waals surface area (Å²) in [7, 11) is 0. The molecule has 0 bridgehead atoms. The second-order valence-electron chi connectivity index (χ2n) is 13.4. The van der Waals surface area contributed by atoms with E-state index in [1.54, 1.807) is 60.7 Å². The van der Waals surface area contributed by atoms with Gasteiger partial charge in [-0.15, -0.1) is 0 Å².